The molecule has 0 spiro atoms. The maximum Gasteiger partial charge on any atom is 0.310 e. The molecular formula is C24H33NO4. The number of aliphatic hydroxyl groups excluding tert-OH is 1. The molecule has 0 amide bonds. The van der Waals surface area contributed by atoms with Crippen molar-refractivity contribution in [2.45, 2.75) is 51.2 Å². The highest BCUT2D eigenvalue weighted by Gasteiger charge is 2.55. The molecule has 1 aromatic carbocycles. The zero-order valence-corrected chi connectivity index (χ0v) is 17.5. The summed E-state index contributed by atoms with van der Waals surface area (Å²) in [6.07, 6.45) is 4.79. The highest BCUT2D eigenvalue weighted by Crippen LogP contribution is 2.56. The lowest BCUT2D eigenvalue weighted by molar-refractivity contribution is -0.146. The Labute approximate surface area is 173 Å². The number of phenolic OH excluding ortho intramolecular Hbond substituents is 1. The fraction of sp³-hybridized carbons (Fsp3) is 0.625. The Kier molecular flexibility index (Phi) is 5.47. The van der Waals surface area contributed by atoms with Crippen molar-refractivity contribution in [2.75, 3.05) is 20.1 Å². The van der Waals surface area contributed by atoms with Crippen LogP contribution in [-0.4, -0.2) is 47.3 Å². The number of benzene rings is 1. The fourth-order valence-electron chi connectivity index (χ4n) is 5.97. The molecule has 158 valence electrons. The van der Waals surface area contributed by atoms with Crippen LogP contribution in [0, 0.1) is 23.2 Å². The van der Waals surface area contributed by atoms with Crippen LogP contribution in [0.4, 0.5) is 0 Å². The molecule has 5 heteroatoms. The van der Waals surface area contributed by atoms with Gasteiger partial charge in [-0.1, -0.05) is 31.2 Å². The molecule has 3 aliphatic rings. The van der Waals surface area contributed by atoms with E-state index in [-0.39, 0.29) is 35.1 Å². The van der Waals surface area contributed by atoms with Gasteiger partial charge < -0.3 is 19.8 Å². The second kappa shape index (κ2) is 7.77. The summed E-state index contributed by atoms with van der Waals surface area (Å²) in [5, 5.41) is 19.9. The van der Waals surface area contributed by atoms with Gasteiger partial charge in [0, 0.05) is 19.0 Å². The zero-order valence-electron chi connectivity index (χ0n) is 17.5. The molecule has 5 nitrogen and oxygen atoms in total. The lowest BCUT2D eigenvalue weighted by Gasteiger charge is -2.50. The van der Waals surface area contributed by atoms with Crippen LogP contribution in [0.5, 0.6) is 5.75 Å². The van der Waals surface area contributed by atoms with E-state index in [1.807, 2.05) is 11.9 Å². The smallest absolute Gasteiger partial charge is 0.310 e. The fourth-order valence-corrected chi connectivity index (χ4v) is 5.97. The molecule has 1 aromatic rings. The van der Waals surface area contributed by atoms with Crippen molar-refractivity contribution in [1.29, 1.82) is 0 Å². The number of likely N-dealkylation sites (N-methyl/N-ethyl adjacent to an activating group) is 1. The molecule has 4 rings (SSSR count). The second-order valence-electron chi connectivity index (χ2n) is 9.73. The van der Waals surface area contributed by atoms with Crippen LogP contribution in [0.25, 0.3) is 0 Å². The minimum atomic E-state index is -0.665. The molecule has 0 bridgehead atoms. The van der Waals surface area contributed by atoms with Crippen molar-refractivity contribution in [1.82, 2.24) is 4.90 Å². The molecule has 2 saturated carbocycles. The third-order valence-corrected chi connectivity index (χ3v) is 7.59. The Morgan fingerprint density at radius 2 is 2.07 bits per heavy atom. The minimum Gasteiger partial charge on any atom is -0.508 e. The van der Waals surface area contributed by atoms with Crippen LogP contribution < -0.4 is 0 Å². The quantitative estimate of drug-likeness (QED) is 0.584. The molecule has 1 saturated heterocycles. The molecule has 1 heterocycles. The van der Waals surface area contributed by atoms with Gasteiger partial charge in [-0.2, -0.15) is 0 Å². The molecule has 0 aromatic heterocycles. The van der Waals surface area contributed by atoms with E-state index in [4.69, 9.17) is 4.74 Å². The largest absolute Gasteiger partial charge is 0.508 e. The first kappa shape index (κ1) is 20.4. The Bertz CT molecular complexity index is 776. The number of hydrogen-bond donors (Lipinski definition) is 2. The minimum absolute atomic E-state index is 0.0232. The highest BCUT2D eigenvalue weighted by atomic mass is 16.6. The van der Waals surface area contributed by atoms with Crippen molar-refractivity contribution in [2.24, 2.45) is 23.2 Å². The number of phenols is 1. The monoisotopic (exact) mass is 399 g/mol. The standard InChI is InChI=1S/C24H33NO4/c1-15-5-4-10-24(2)12-22-18(11-20(15)24)19(23(28)29-22)13-25(3)14-21(27)16-6-8-17(26)9-7-16/h6-9,18-22,26-27H,1,4-5,10-14H2,2-3H3/t18-,19-,20+,21-,22+,24-/m0/s1. The number of esters is 1. The lowest BCUT2D eigenvalue weighted by atomic mass is 9.55. The van der Waals surface area contributed by atoms with E-state index < -0.39 is 6.10 Å². The van der Waals surface area contributed by atoms with E-state index in [9.17, 15) is 15.0 Å². The van der Waals surface area contributed by atoms with E-state index in [1.54, 1.807) is 24.3 Å². The number of carbonyl (C=O) groups is 1. The first-order chi connectivity index (χ1) is 13.8. The number of allylic oxidation sites excluding steroid dienone is 1. The zero-order chi connectivity index (χ0) is 20.8. The normalized spacial score (nSPS) is 35.2. The van der Waals surface area contributed by atoms with E-state index in [0.717, 1.165) is 24.8 Å². The highest BCUT2D eigenvalue weighted by molar-refractivity contribution is 5.75. The molecule has 2 aliphatic carbocycles. The maximum atomic E-state index is 12.7. The molecule has 29 heavy (non-hydrogen) atoms. The van der Waals surface area contributed by atoms with Gasteiger partial charge in [0.2, 0.25) is 0 Å². The summed E-state index contributed by atoms with van der Waals surface area (Å²) >= 11 is 0. The van der Waals surface area contributed by atoms with Gasteiger partial charge in [0.25, 0.3) is 0 Å². The summed E-state index contributed by atoms with van der Waals surface area (Å²) < 4.78 is 5.85. The van der Waals surface area contributed by atoms with Gasteiger partial charge in [-0.25, -0.2) is 0 Å². The predicted molar refractivity (Wildman–Crippen MR) is 111 cm³/mol. The van der Waals surface area contributed by atoms with E-state index in [2.05, 4.69) is 13.5 Å². The van der Waals surface area contributed by atoms with Crippen LogP contribution in [-0.2, 0) is 9.53 Å². The van der Waals surface area contributed by atoms with Gasteiger partial charge in [-0.05, 0) is 68.2 Å². The van der Waals surface area contributed by atoms with Gasteiger partial charge in [-0.15, -0.1) is 0 Å². The SMILES string of the molecule is C=C1CCC[C@@]2(C)C[C@H]3OC(=O)[C@@H](CN(C)C[C@H](O)c4ccc(O)cc4)[C@@H]3C[C@H]12. The number of aliphatic hydroxyl groups is 1. The van der Waals surface area contributed by atoms with Gasteiger partial charge in [0.05, 0.1) is 12.0 Å². The summed E-state index contributed by atoms with van der Waals surface area (Å²) in [6, 6.07) is 6.61. The van der Waals surface area contributed by atoms with Gasteiger partial charge in [-0.3, -0.25) is 4.79 Å². The third-order valence-electron chi connectivity index (χ3n) is 7.59. The van der Waals surface area contributed by atoms with Crippen molar-refractivity contribution < 1.29 is 19.7 Å². The van der Waals surface area contributed by atoms with E-state index in [1.165, 1.54) is 18.4 Å². The summed E-state index contributed by atoms with van der Waals surface area (Å²) in [6.45, 7) is 7.72. The number of fused-ring (bicyclic) bond motifs is 2. The number of ether oxygens (including phenoxy) is 1. The number of carbonyl (C=O) groups excluding carboxylic acids is 1. The van der Waals surface area contributed by atoms with E-state index >= 15 is 0 Å². The van der Waals surface area contributed by atoms with Crippen LogP contribution >= 0.6 is 0 Å². The topological polar surface area (TPSA) is 70.0 Å². The first-order valence-electron chi connectivity index (χ1n) is 10.8. The Morgan fingerprint density at radius 1 is 1.34 bits per heavy atom. The summed E-state index contributed by atoms with van der Waals surface area (Å²) in [5.41, 5.74) is 2.33. The third kappa shape index (κ3) is 3.95. The number of hydrogen-bond acceptors (Lipinski definition) is 5. The van der Waals surface area contributed by atoms with Gasteiger partial charge in [0.1, 0.15) is 11.9 Å². The summed E-state index contributed by atoms with van der Waals surface area (Å²) in [7, 11) is 1.94. The van der Waals surface area contributed by atoms with Crippen molar-refractivity contribution in [3.05, 3.63) is 42.0 Å². The van der Waals surface area contributed by atoms with Crippen molar-refractivity contribution in [3.63, 3.8) is 0 Å². The van der Waals surface area contributed by atoms with Crippen LogP contribution in [0.2, 0.25) is 0 Å². The Balaban J connectivity index is 1.41. The average molecular weight is 400 g/mol. The molecule has 0 radical (unpaired) electrons. The van der Waals surface area contributed by atoms with Crippen LogP contribution in [0.1, 0.15) is 50.7 Å². The second-order valence-corrected chi connectivity index (χ2v) is 9.73. The molecule has 6 atom stereocenters. The number of aromatic hydroxyl groups is 1. The maximum absolute atomic E-state index is 12.7. The Hall–Kier alpha value is -1.85. The molecule has 1 aliphatic heterocycles. The predicted octanol–water partition coefficient (Wildman–Crippen LogP) is 3.67. The van der Waals surface area contributed by atoms with Crippen molar-refractivity contribution >= 4 is 5.97 Å². The number of rotatable bonds is 5. The summed E-state index contributed by atoms with van der Waals surface area (Å²) in [4.78, 5) is 14.7. The van der Waals surface area contributed by atoms with Crippen LogP contribution in [0.15, 0.2) is 36.4 Å². The molecule has 0 unspecified atom stereocenters. The molecular weight excluding hydrogens is 366 g/mol. The summed E-state index contributed by atoms with van der Waals surface area (Å²) in [5.74, 6) is 0.684. The lowest BCUT2D eigenvalue weighted by Crippen LogP contribution is -2.45. The molecule has 2 N–H and O–H groups in total. The van der Waals surface area contributed by atoms with Crippen LogP contribution in [0.3, 0.4) is 0 Å². The Morgan fingerprint density at radius 3 is 2.79 bits per heavy atom. The van der Waals surface area contributed by atoms with Gasteiger partial charge >= 0.3 is 5.97 Å². The van der Waals surface area contributed by atoms with E-state index in [0.29, 0.717) is 19.0 Å². The number of nitrogens with zero attached hydrogens (tertiary/aromatic N) is 1. The van der Waals surface area contributed by atoms with Gasteiger partial charge in [0.15, 0.2) is 0 Å². The molecule has 3 fully saturated rings. The first-order valence-corrected chi connectivity index (χ1v) is 10.8. The van der Waals surface area contributed by atoms with Crippen molar-refractivity contribution in [3.8, 4) is 5.75 Å². The average Bonchev–Trinajstić information content (AvgIpc) is 2.94.